The Kier molecular flexibility index (Phi) is 15.5. The van der Waals surface area contributed by atoms with Gasteiger partial charge in [-0.15, -0.1) is 24.8 Å². The topological polar surface area (TPSA) is 82.7 Å². The third kappa shape index (κ3) is 11.7. The van der Waals surface area contributed by atoms with E-state index in [2.05, 4.69) is 20.9 Å². The van der Waals surface area contributed by atoms with E-state index in [9.17, 15) is 9.59 Å². The van der Waals surface area contributed by atoms with Crippen molar-refractivity contribution in [1.82, 2.24) is 20.9 Å². The summed E-state index contributed by atoms with van der Waals surface area (Å²) < 4.78 is 5.24. The van der Waals surface area contributed by atoms with E-state index in [1.165, 1.54) is 0 Å². The summed E-state index contributed by atoms with van der Waals surface area (Å²) in [5.74, 6) is -0.260. The molecule has 126 valence electrons. The third-order valence-electron chi connectivity index (χ3n) is 2.90. The standard InChI is InChI=1S/C12H24N4O3.2ClH/c1-13-3-2-11(17)15-10-12(18)14-4-5-16-6-8-19-9-7-16;;/h13H,2-10H2,1H3,(H,14,18)(H,15,17);2*1H. The summed E-state index contributed by atoms with van der Waals surface area (Å²) in [6, 6.07) is 0. The molecule has 7 nitrogen and oxygen atoms in total. The number of hydrogen-bond donors (Lipinski definition) is 3. The maximum absolute atomic E-state index is 11.5. The first kappa shape index (κ1) is 22.7. The molecule has 0 radical (unpaired) electrons. The van der Waals surface area contributed by atoms with Crippen molar-refractivity contribution in [1.29, 1.82) is 0 Å². The van der Waals surface area contributed by atoms with Gasteiger partial charge in [0.1, 0.15) is 0 Å². The van der Waals surface area contributed by atoms with E-state index in [0.29, 0.717) is 19.5 Å². The quantitative estimate of drug-likeness (QED) is 0.526. The molecule has 1 saturated heterocycles. The number of nitrogens with one attached hydrogen (secondary N) is 3. The van der Waals surface area contributed by atoms with Gasteiger partial charge in [-0.05, 0) is 7.05 Å². The summed E-state index contributed by atoms with van der Waals surface area (Å²) in [6.07, 6.45) is 0.386. The second-order valence-corrected chi connectivity index (χ2v) is 4.43. The predicted octanol–water partition coefficient (Wildman–Crippen LogP) is -0.996. The average Bonchev–Trinajstić information content (AvgIpc) is 2.44. The third-order valence-corrected chi connectivity index (χ3v) is 2.90. The Morgan fingerprint density at radius 2 is 1.71 bits per heavy atom. The SMILES string of the molecule is CNCCC(=O)NCC(=O)NCCN1CCOCC1.Cl.Cl. The first-order chi connectivity index (χ1) is 9.22. The van der Waals surface area contributed by atoms with Crippen LogP contribution in [0.25, 0.3) is 0 Å². The first-order valence-corrected chi connectivity index (χ1v) is 6.70. The van der Waals surface area contributed by atoms with Gasteiger partial charge in [0.15, 0.2) is 0 Å². The van der Waals surface area contributed by atoms with Gasteiger partial charge in [0, 0.05) is 39.1 Å². The van der Waals surface area contributed by atoms with E-state index < -0.39 is 0 Å². The molecular weight excluding hydrogens is 319 g/mol. The number of ether oxygens (including phenoxy) is 1. The van der Waals surface area contributed by atoms with Crippen molar-refractivity contribution in [2.45, 2.75) is 6.42 Å². The van der Waals surface area contributed by atoms with Crippen LogP contribution < -0.4 is 16.0 Å². The van der Waals surface area contributed by atoms with Gasteiger partial charge in [-0.25, -0.2) is 0 Å². The van der Waals surface area contributed by atoms with Gasteiger partial charge in [0.25, 0.3) is 0 Å². The lowest BCUT2D eigenvalue weighted by molar-refractivity contribution is -0.126. The fourth-order valence-electron chi connectivity index (χ4n) is 1.75. The summed E-state index contributed by atoms with van der Waals surface area (Å²) >= 11 is 0. The molecule has 1 fully saturated rings. The van der Waals surface area contributed by atoms with E-state index >= 15 is 0 Å². The van der Waals surface area contributed by atoms with Crippen LogP contribution in [0.5, 0.6) is 0 Å². The molecule has 2 amide bonds. The number of carbonyl (C=O) groups excluding carboxylic acids is 2. The van der Waals surface area contributed by atoms with Crippen molar-refractivity contribution in [3.05, 3.63) is 0 Å². The van der Waals surface area contributed by atoms with E-state index in [1.54, 1.807) is 7.05 Å². The Morgan fingerprint density at radius 3 is 2.33 bits per heavy atom. The van der Waals surface area contributed by atoms with Gasteiger partial charge >= 0.3 is 0 Å². The summed E-state index contributed by atoms with van der Waals surface area (Å²) in [6.45, 7) is 5.43. The minimum absolute atomic E-state index is 0. The predicted molar refractivity (Wildman–Crippen MR) is 86.3 cm³/mol. The van der Waals surface area contributed by atoms with Crippen molar-refractivity contribution < 1.29 is 14.3 Å². The minimum atomic E-state index is -0.147. The summed E-state index contributed by atoms with van der Waals surface area (Å²) in [7, 11) is 1.78. The van der Waals surface area contributed by atoms with Crippen LogP contribution in [-0.2, 0) is 14.3 Å². The molecule has 0 saturated carbocycles. The summed E-state index contributed by atoms with van der Waals surface area (Å²) in [5.41, 5.74) is 0. The molecule has 0 bridgehead atoms. The highest BCUT2D eigenvalue weighted by Crippen LogP contribution is 1.94. The Balaban J connectivity index is 0. The number of rotatable bonds is 8. The van der Waals surface area contributed by atoms with Gasteiger partial charge in [-0.3, -0.25) is 14.5 Å². The highest BCUT2D eigenvalue weighted by atomic mass is 35.5. The first-order valence-electron chi connectivity index (χ1n) is 6.70. The molecule has 0 aromatic carbocycles. The molecule has 0 spiro atoms. The van der Waals surface area contributed by atoms with Crippen molar-refractivity contribution in [2.24, 2.45) is 0 Å². The van der Waals surface area contributed by atoms with Crippen LogP contribution in [-0.4, -0.2) is 76.2 Å². The zero-order valence-corrected chi connectivity index (χ0v) is 14.0. The molecule has 21 heavy (non-hydrogen) atoms. The van der Waals surface area contributed by atoms with Crippen LogP contribution in [0.1, 0.15) is 6.42 Å². The Hall–Kier alpha value is -0.600. The molecule has 3 N–H and O–H groups in total. The highest BCUT2D eigenvalue weighted by molar-refractivity contribution is 5.85. The Morgan fingerprint density at radius 1 is 1.05 bits per heavy atom. The van der Waals surface area contributed by atoms with E-state index in [4.69, 9.17) is 4.74 Å². The Labute approximate surface area is 138 Å². The molecule has 1 aliphatic rings. The van der Waals surface area contributed by atoms with Crippen molar-refractivity contribution in [3.8, 4) is 0 Å². The fourth-order valence-corrected chi connectivity index (χ4v) is 1.75. The highest BCUT2D eigenvalue weighted by Gasteiger charge is 2.10. The van der Waals surface area contributed by atoms with Crippen LogP contribution >= 0.6 is 24.8 Å². The summed E-state index contributed by atoms with van der Waals surface area (Å²) in [4.78, 5) is 25.0. The summed E-state index contributed by atoms with van der Waals surface area (Å²) in [5, 5.41) is 8.25. The minimum Gasteiger partial charge on any atom is -0.379 e. The van der Waals surface area contributed by atoms with Crippen LogP contribution in [0.15, 0.2) is 0 Å². The van der Waals surface area contributed by atoms with Gasteiger partial charge in [0.05, 0.1) is 19.8 Å². The van der Waals surface area contributed by atoms with E-state index in [1.807, 2.05) is 0 Å². The van der Waals surface area contributed by atoms with Crippen LogP contribution in [0.3, 0.4) is 0 Å². The van der Waals surface area contributed by atoms with Gasteiger partial charge in [0.2, 0.25) is 11.8 Å². The molecule has 0 unspecified atom stereocenters. The molecule has 0 aromatic heterocycles. The molecule has 0 aromatic rings. The number of nitrogens with zero attached hydrogens (tertiary/aromatic N) is 1. The number of carbonyl (C=O) groups is 2. The average molecular weight is 345 g/mol. The molecule has 1 aliphatic heterocycles. The van der Waals surface area contributed by atoms with Gasteiger partial charge < -0.3 is 20.7 Å². The second kappa shape index (κ2) is 14.3. The number of amides is 2. The van der Waals surface area contributed by atoms with Crippen molar-refractivity contribution in [2.75, 3.05) is 59.5 Å². The maximum atomic E-state index is 11.5. The zero-order valence-electron chi connectivity index (χ0n) is 12.4. The van der Waals surface area contributed by atoms with Crippen molar-refractivity contribution in [3.63, 3.8) is 0 Å². The lowest BCUT2D eigenvalue weighted by atomic mass is 10.4. The van der Waals surface area contributed by atoms with Crippen LogP contribution in [0.2, 0.25) is 0 Å². The molecular formula is C12H26Cl2N4O3. The molecule has 0 atom stereocenters. The fraction of sp³-hybridized carbons (Fsp3) is 0.833. The lowest BCUT2D eigenvalue weighted by Gasteiger charge is -2.26. The smallest absolute Gasteiger partial charge is 0.239 e. The van der Waals surface area contributed by atoms with Crippen LogP contribution in [0.4, 0.5) is 0 Å². The van der Waals surface area contributed by atoms with E-state index in [-0.39, 0.29) is 43.2 Å². The van der Waals surface area contributed by atoms with Gasteiger partial charge in [-0.1, -0.05) is 0 Å². The molecule has 9 heteroatoms. The molecule has 1 heterocycles. The molecule has 1 rings (SSSR count). The number of morpholine rings is 1. The number of halogens is 2. The zero-order chi connectivity index (χ0) is 13.9. The maximum Gasteiger partial charge on any atom is 0.239 e. The lowest BCUT2D eigenvalue weighted by Crippen LogP contribution is -2.43. The Bertz CT molecular complexity index is 290. The molecule has 0 aliphatic carbocycles. The number of hydrogen-bond acceptors (Lipinski definition) is 5. The second-order valence-electron chi connectivity index (χ2n) is 4.43. The van der Waals surface area contributed by atoms with Gasteiger partial charge in [-0.2, -0.15) is 0 Å². The monoisotopic (exact) mass is 344 g/mol. The van der Waals surface area contributed by atoms with Crippen molar-refractivity contribution >= 4 is 36.6 Å². The largest absolute Gasteiger partial charge is 0.379 e. The normalized spacial score (nSPS) is 14.5. The van der Waals surface area contributed by atoms with E-state index in [0.717, 1.165) is 32.8 Å². The van der Waals surface area contributed by atoms with Crippen LogP contribution in [0, 0.1) is 0 Å².